The Morgan fingerprint density at radius 3 is 1.00 bits per heavy atom. The first kappa shape index (κ1) is 16.2. The number of nitrogens with zero attached hydrogens (tertiary/aromatic N) is 2. The van der Waals surface area contributed by atoms with Gasteiger partial charge >= 0.3 is 0 Å². The maximum atomic E-state index is 6.00. The Labute approximate surface area is 145 Å². The van der Waals surface area contributed by atoms with Crippen LogP contribution in [0.2, 0.25) is 30.1 Å². The van der Waals surface area contributed by atoms with Crippen molar-refractivity contribution in [2.24, 2.45) is 10.2 Å². The predicted molar refractivity (Wildman–Crippen MR) is 87.1 cm³/mol. The standard InChI is InChI=1S/C12H4Cl6N2/c13-5-1-7(15)11(8(16)2-5)19-20-12-9(17)3-6(14)4-10(12)18/h1-4H. The van der Waals surface area contributed by atoms with Gasteiger partial charge in [0.2, 0.25) is 0 Å². The Morgan fingerprint density at radius 2 is 0.750 bits per heavy atom. The van der Waals surface area contributed by atoms with Crippen LogP contribution in [0.3, 0.4) is 0 Å². The van der Waals surface area contributed by atoms with Crippen molar-refractivity contribution in [1.29, 1.82) is 0 Å². The van der Waals surface area contributed by atoms with Gasteiger partial charge in [-0.2, -0.15) is 0 Å². The quantitative estimate of drug-likeness (QED) is 0.465. The summed E-state index contributed by atoms with van der Waals surface area (Å²) in [6.45, 7) is 0. The summed E-state index contributed by atoms with van der Waals surface area (Å²) < 4.78 is 0. The molecule has 2 rings (SSSR count). The topological polar surface area (TPSA) is 24.7 Å². The Bertz CT molecular complexity index is 593. The minimum absolute atomic E-state index is 0.271. The lowest BCUT2D eigenvalue weighted by Gasteiger charge is -2.03. The van der Waals surface area contributed by atoms with Gasteiger partial charge in [-0.1, -0.05) is 69.6 Å². The third-order valence-corrected chi connectivity index (χ3v) is 3.80. The van der Waals surface area contributed by atoms with Crippen molar-refractivity contribution < 1.29 is 0 Å². The molecule has 0 N–H and O–H groups in total. The van der Waals surface area contributed by atoms with Crippen LogP contribution in [0.1, 0.15) is 0 Å². The van der Waals surface area contributed by atoms with E-state index in [0.29, 0.717) is 10.0 Å². The molecule has 20 heavy (non-hydrogen) atoms. The summed E-state index contributed by atoms with van der Waals surface area (Å²) in [7, 11) is 0. The maximum absolute atomic E-state index is 6.00. The van der Waals surface area contributed by atoms with Crippen molar-refractivity contribution in [2.45, 2.75) is 0 Å². The Balaban J connectivity index is 2.45. The molecule has 0 aliphatic carbocycles. The molecule has 8 heteroatoms. The van der Waals surface area contributed by atoms with Crippen molar-refractivity contribution in [2.75, 3.05) is 0 Å². The highest BCUT2D eigenvalue weighted by atomic mass is 35.5. The molecule has 0 atom stereocenters. The first-order chi connectivity index (χ1) is 9.38. The van der Waals surface area contributed by atoms with Gasteiger partial charge in [0.1, 0.15) is 11.4 Å². The Morgan fingerprint density at radius 1 is 0.500 bits per heavy atom. The zero-order valence-corrected chi connectivity index (χ0v) is 14.0. The fraction of sp³-hybridized carbons (Fsp3) is 0. The molecule has 2 aromatic rings. The first-order valence-corrected chi connectivity index (χ1v) is 7.36. The van der Waals surface area contributed by atoms with Gasteiger partial charge in [-0.05, 0) is 24.3 Å². The lowest BCUT2D eigenvalue weighted by atomic mass is 10.3. The lowest BCUT2D eigenvalue weighted by molar-refractivity contribution is 1.23. The molecule has 0 aliphatic rings. The summed E-state index contributed by atoms with van der Waals surface area (Å²) >= 11 is 35.6. The van der Waals surface area contributed by atoms with Gasteiger partial charge in [0.05, 0.1) is 20.1 Å². The Hall–Kier alpha value is -0.220. The minimum Gasteiger partial charge on any atom is -0.147 e. The molecule has 0 aliphatic heterocycles. The second-order valence-electron chi connectivity index (χ2n) is 3.64. The molecule has 0 amide bonds. The number of benzene rings is 2. The molecule has 2 aromatic carbocycles. The van der Waals surface area contributed by atoms with E-state index in [1.807, 2.05) is 0 Å². The zero-order valence-electron chi connectivity index (χ0n) is 9.47. The summed E-state index contributed by atoms with van der Waals surface area (Å²) in [4.78, 5) is 0. The van der Waals surface area contributed by atoms with Crippen LogP contribution in [0.15, 0.2) is 34.5 Å². The smallest absolute Gasteiger partial charge is 0.123 e. The number of halogens is 6. The summed E-state index contributed by atoms with van der Waals surface area (Å²) in [5.74, 6) is 0. The van der Waals surface area contributed by atoms with Crippen LogP contribution in [-0.4, -0.2) is 0 Å². The molecule has 0 saturated heterocycles. The highest BCUT2D eigenvalue weighted by Gasteiger charge is 2.10. The van der Waals surface area contributed by atoms with Gasteiger partial charge in [-0.25, -0.2) is 0 Å². The number of hydrogen-bond acceptors (Lipinski definition) is 2. The van der Waals surface area contributed by atoms with Crippen molar-refractivity contribution >= 4 is 81.0 Å². The molecule has 0 radical (unpaired) electrons. The van der Waals surface area contributed by atoms with E-state index in [-0.39, 0.29) is 31.5 Å². The third kappa shape index (κ3) is 3.70. The summed E-state index contributed by atoms with van der Waals surface area (Å²) in [6.07, 6.45) is 0. The zero-order chi connectivity index (χ0) is 14.9. The minimum atomic E-state index is 0.271. The van der Waals surface area contributed by atoms with Crippen molar-refractivity contribution in [3.05, 3.63) is 54.4 Å². The van der Waals surface area contributed by atoms with Crippen molar-refractivity contribution in [3.63, 3.8) is 0 Å². The molecule has 0 aromatic heterocycles. The summed E-state index contributed by atoms with van der Waals surface area (Å²) in [5.41, 5.74) is 0.555. The van der Waals surface area contributed by atoms with Crippen LogP contribution in [0.25, 0.3) is 0 Å². The van der Waals surface area contributed by atoms with Gasteiger partial charge in [0.15, 0.2) is 0 Å². The maximum Gasteiger partial charge on any atom is 0.123 e. The molecule has 0 saturated carbocycles. The molecule has 0 unspecified atom stereocenters. The van der Waals surface area contributed by atoms with Crippen LogP contribution in [0, 0.1) is 0 Å². The number of rotatable bonds is 2. The van der Waals surface area contributed by atoms with Gasteiger partial charge < -0.3 is 0 Å². The van der Waals surface area contributed by atoms with E-state index in [9.17, 15) is 0 Å². The summed E-state index contributed by atoms with van der Waals surface area (Å²) in [5, 5.41) is 9.81. The average Bonchev–Trinajstić information content (AvgIpc) is 2.30. The van der Waals surface area contributed by atoms with E-state index in [2.05, 4.69) is 10.2 Å². The van der Waals surface area contributed by atoms with Gasteiger partial charge in [0, 0.05) is 10.0 Å². The van der Waals surface area contributed by atoms with Crippen LogP contribution in [-0.2, 0) is 0 Å². The average molecular weight is 389 g/mol. The normalized spacial score (nSPS) is 11.3. The summed E-state index contributed by atoms with van der Waals surface area (Å²) in [6, 6.07) is 6.03. The Kier molecular flexibility index (Phi) is 5.41. The molecule has 0 heterocycles. The fourth-order valence-corrected chi connectivity index (χ4v) is 3.15. The van der Waals surface area contributed by atoms with Crippen LogP contribution in [0.4, 0.5) is 11.4 Å². The largest absolute Gasteiger partial charge is 0.147 e. The second kappa shape index (κ2) is 6.69. The van der Waals surface area contributed by atoms with Gasteiger partial charge in [-0.15, -0.1) is 10.2 Å². The van der Waals surface area contributed by atoms with Crippen LogP contribution < -0.4 is 0 Å². The van der Waals surface area contributed by atoms with Gasteiger partial charge in [0.25, 0.3) is 0 Å². The molecule has 2 nitrogen and oxygen atoms in total. The third-order valence-electron chi connectivity index (χ3n) is 2.21. The van der Waals surface area contributed by atoms with E-state index in [1.54, 1.807) is 0 Å². The molecule has 0 bridgehead atoms. The van der Waals surface area contributed by atoms with Crippen LogP contribution in [0.5, 0.6) is 0 Å². The first-order valence-electron chi connectivity index (χ1n) is 5.09. The SMILES string of the molecule is Clc1cc(Cl)c(N=Nc2c(Cl)cc(Cl)cc2Cl)c(Cl)c1. The molecular weight excluding hydrogens is 385 g/mol. The van der Waals surface area contributed by atoms with E-state index in [4.69, 9.17) is 69.6 Å². The molecule has 104 valence electrons. The van der Waals surface area contributed by atoms with E-state index in [1.165, 1.54) is 24.3 Å². The number of hydrogen-bond donors (Lipinski definition) is 0. The monoisotopic (exact) mass is 386 g/mol. The van der Waals surface area contributed by atoms with E-state index < -0.39 is 0 Å². The fourth-order valence-electron chi connectivity index (χ4n) is 1.36. The van der Waals surface area contributed by atoms with Crippen LogP contribution >= 0.6 is 69.6 Å². The lowest BCUT2D eigenvalue weighted by Crippen LogP contribution is -1.75. The highest BCUT2D eigenvalue weighted by Crippen LogP contribution is 2.40. The van der Waals surface area contributed by atoms with E-state index >= 15 is 0 Å². The highest BCUT2D eigenvalue weighted by molar-refractivity contribution is 6.42. The van der Waals surface area contributed by atoms with E-state index in [0.717, 1.165) is 0 Å². The second-order valence-corrected chi connectivity index (χ2v) is 6.14. The van der Waals surface area contributed by atoms with Gasteiger partial charge in [-0.3, -0.25) is 0 Å². The van der Waals surface area contributed by atoms with Crippen molar-refractivity contribution in [3.8, 4) is 0 Å². The number of azo groups is 1. The molecule has 0 spiro atoms. The van der Waals surface area contributed by atoms with Crippen molar-refractivity contribution in [1.82, 2.24) is 0 Å². The predicted octanol–water partition coefficient (Wildman–Crippen LogP) is 8.02. The molecule has 0 fully saturated rings. The molecular formula is C12H4Cl6N2.